The summed E-state index contributed by atoms with van der Waals surface area (Å²) in [5.41, 5.74) is 10.6. The lowest BCUT2D eigenvalue weighted by Crippen LogP contribution is -2.34. The minimum Gasteiger partial charge on any atom is -0.368 e. The second-order valence-corrected chi connectivity index (χ2v) is 8.84. The highest BCUT2D eigenvalue weighted by atomic mass is 35.5. The average Bonchev–Trinajstić information content (AvgIpc) is 3.06. The highest BCUT2D eigenvalue weighted by Gasteiger charge is 2.38. The van der Waals surface area contributed by atoms with Gasteiger partial charge in [0.25, 0.3) is 0 Å². The Morgan fingerprint density at radius 2 is 1.75 bits per heavy atom. The van der Waals surface area contributed by atoms with E-state index in [0.717, 1.165) is 45.9 Å². The largest absolute Gasteiger partial charge is 0.389 e. The van der Waals surface area contributed by atoms with Crippen LogP contribution in [0, 0.1) is 5.92 Å². The van der Waals surface area contributed by atoms with Gasteiger partial charge in [-0.1, -0.05) is 48.0 Å². The molecule has 1 aliphatic heterocycles. The molecule has 0 fully saturated rings. The summed E-state index contributed by atoms with van der Waals surface area (Å²) in [5.74, 6) is -0.443. The number of hydrogen-bond donors (Lipinski definition) is 2. The molecule has 0 saturated heterocycles. The second kappa shape index (κ2) is 9.55. The van der Waals surface area contributed by atoms with E-state index in [1.54, 1.807) is 0 Å². The quantitative estimate of drug-likeness (QED) is 0.480. The number of hydrogen-bond acceptors (Lipinski definition) is 2. The lowest BCUT2D eigenvalue weighted by atomic mass is 9.71. The normalized spacial score (nSPS) is 21.9. The van der Waals surface area contributed by atoms with Crippen molar-refractivity contribution in [2.45, 2.75) is 44.3 Å². The zero-order chi connectivity index (χ0) is 22.7. The first kappa shape index (κ1) is 22.7. The highest BCUT2D eigenvalue weighted by molar-refractivity contribution is 6.36. The summed E-state index contributed by atoms with van der Waals surface area (Å²) in [6.45, 7) is 0. The van der Waals surface area contributed by atoms with Gasteiger partial charge in [0.15, 0.2) is 0 Å². The molecule has 32 heavy (non-hydrogen) atoms. The number of fused-ring (bicyclic) bond motifs is 4. The van der Waals surface area contributed by atoms with E-state index in [2.05, 4.69) is 5.32 Å². The maximum atomic E-state index is 12.9. The third-order valence-electron chi connectivity index (χ3n) is 6.23. The summed E-state index contributed by atoms with van der Waals surface area (Å²) >= 11 is 6.42. The van der Waals surface area contributed by atoms with Gasteiger partial charge < -0.3 is 11.1 Å². The molecule has 0 bridgehead atoms. The Kier molecular flexibility index (Phi) is 6.77. The summed E-state index contributed by atoms with van der Waals surface area (Å²) in [6.07, 6.45) is 9.19. The van der Waals surface area contributed by atoms with Crippen LogP contribution in [-0.2, 0) is 6.42 Å². The third-order valence-corrected chi connectivity index (χ3v) is 6.54. The fraction of sp³-hybridized carbons (Fsp3) is 0.308. The van der Waals surface area contributed by atoms with Crippen LogP contribution < -0.4 is 11.1 Å². The average molecular weight is 459 g/mol. The predicted molar refractivity (Wildman–Crippen MR) is 126 cm³/mol. The Labute approximate surface area is 191 Å². The van der Waals surface area contributed by atoms with E-state index in [0.29, 0.717) is 17.9 Å². The molecule has 0 amide bonds. The van der Waals surface area contributed by atoms with Gasteiger partial charge in [-0.2, -0.15) is 13.2 Å². The summed E-state index contributed by atoms with van der Waals surface area (Å²) in [7, 11) is 0. The van der Waals surface area contributed by atoms with Crippen molar-refractivity contribution in [3.63, 3.8) is 0 Å². The van der Waals surface area contributed by atoms with Crippen molar-refractivity contribution in [3.05, 3.63) is 88.8 Å². The van der Waals surface area contributed by atoms with Crippen molar-refractivity contribution in [1.29, 1.82) is 0 Å². The van der Waals surface area contributed by atoms with E-state index in [9.17, 15) is 13.2 Å². The number of allylic oxidation sites excluding steroid dienone is 5. The molecule has 2 aromatic rings. The maximum Gasteiger partial charge on any atom is 0.389 e. The molecule has 0 spiro atoms. The molecule has 3 aliphatic rings. The monoisotopic (exact) mass is 458 g/mol. The molecule has 168 valence electrons. The number of aryl methyl sites for hydroxylation is 1. The van der Waals surface area contributed by atoms with Crippen molar-refractivity contribution < 1.29 is 13.2 Å². The molecule has 3 N–H and O–H groups in total. The molecule has 2 unspecified atom stereocenters. The molecular formula is C26H26ClF3N2. The summed E-state index contributed by atoms with van der Waals surface area (Å²) < 4.78 is 38.6. The SMILES string of the molecule is C1=CC=CNC=C1.NC1CC(CC(F)(F)F)CC2=C1CCc1c2ccc2cccc(Cl)c12. The number of alkyl halides is 3. The fourth-order valence-corrected chi connectivity index (χ4v) is 5.24. The third kappa shape index (κ3) is 5.11. The molecule has 2 atom stereocenters. The number of benzene rings is 2. The molecule has 0 aromatic heterocycles. The molecule has 2 aromatic carbocycles. The second-order valence-electron chi connectivity index (χ2n) is 8.43. The molecule has 0 saturated carbocycles. The summed E-state index contributed by atoms with van der Waals surface area (Å²) in [5, 5.41) is 5.72. The number of halogens is 4. The fourth-order valence-electron chi connectivity index (χ4n) is 4.94. The first-order valence-corrected chi connectivity index (χ1v) is 11.2. The van der Waals surface area contributed by atoms with Crippen LogP contribution in [0.1, 0.15) is 36.8 Å². The van der Waals surface area contributed by atoms with Crippen LogP contribution in [0.4, 0.5) is 13.2 Å². The van der Waals surface area contributed by atoms with Crippen molar-refractivity contribution in [3.8, 4) is 0 Å². The van der Waals surface area contributed by atoms with Gasteiger partial charge in [0.2, 0.25) is 0 Å². The number of rotatable bonds is 1. The van der Waals surface area contributed by atoms with Crippen LogP contribution in [0.25, 0.3) is 16.3 Å². The predicted octanol–water partition coefficient (Wildman–Crippen LogP) is 7.06. The molecular weight excluding hydrogens is 433 g/mol. The Hall–Kier alpha value is -2.50. The van der Waals surface area contributed by atoms with Gasteiger partial charge in [-0.25, -0.2) is 0 Å². The summed E-state index contributed by atoms with van der Waals surface area (Å²) in [6, 6.07) is 9.57. The molecule has 6 heteroatoms. The van der Waals surface area contributed by atoms with Gasteiger partial charge in [0.05, 0.1) is 0 Å². The van der Waals surface area contributed by atoms with Gasteiger partial charge in [0, 0.05) is 35.3 Å². The zero-order valence-corrected chi connectivity index (χ0v) is 18.4. The van der Waals surface area contributed by atoms with Crippen molar-refractivity contribution in [1.82, 2.24) is 5.32 Å². The van der Waals surface area contributed by atoms with E-state index in [1.165, 1.54) is 0 Å². The van der Waals surface area contributed by atoms with Gasteiger partial charge in [-0.15, -0.1) is 0 Å². The van der Waals surface area contributed by atoms with Crippen LogP contribution in [0.5, 0.6) is 0 Å². The van der Waals surface area contributed by atoms with Crippen LogP contribution in [0.15, 0.2) is 72.6 Å². The zero-order valence-electron chi connectivity index (χ0n) is 17.6. The van der Waals surface area contributed by atoms with Gasteiger partial charge >= 0.3 is 6.18 Å². The minimum atomic E-state index is -4.15. The number of nitrogens with two attached hydrogens (primary N) is 1. The Morgan fingerprint density at radius 1 is 1.00 bits per heavy atom. The smallest absolute Gasteiger partial charge is 0.368 e. The lowest BCUT2D eigenvalue weighted by Gasteiger charge is -2.36. The van der Waals surface area contributed by atoms with E-state index < -0.39 is 18.5 Å². The number of nitrogens with one attached hydrogen (secondary N) is 1. The van der Waals surface area contributed by atoms with E-state index in [-0.39, 0.29) is 6.04 Å². The molecule has 5 rings (SSSR count). The van der Waals surface area contributed by atoms with E-state index in [1.807, 2.05) is 67.0 Å². The Balaban J connectivity index is 0.000000300. The molecule has 2 nitrogen and oxygen atoms in total. The first-order valence-electron chi connectivity index (χ1n) is 10.8. The van der Waals surface area contributed by atoms with Crippen molar-refractivity contribution >= 4 is 27.9 Å². The Bertz CT molecular complexity index is 1100. The van der Waals surface area contributed by atoms with E-state index >= 15 is 0 Å². The first-order chi connectivity index (χ1) is 15.3. The minimum absolute atomic E-state index is 0.272. The Morgan fingerprint density at radius 3 is 2.47 bits per heavy atom. The molecule has 2 aliphatic carbocycles. The van der Waals surface area contributed by atoms with Crippen LogP contribution >= 0.6 is 11.6 Å². The van der Waals surface area contributed by atoms with Gasteiger partial charge in [-0.3, -0.25) is 0 Å². The van der Waals surface area contributed by atoms with Gasteiger partial charge in [-0.05, 0) is 77.5 Å². The maximum absolute atomic E-state index is 12.9. The van der Waals surface area contributed by atoms with Crippen LogP contribution in [0.2, 0.25) is 5.02 Å². The summed E-state index contributed by atoms with van der Waals surface area (Å²) in [4.78, 5) is 0. The standard InChI is InChI=1S/C20H19ClF3N.C6H7N/c21-17-3-1-2-12-4-5-13-15(19(12)17)7-6-14-16(13)8-11(9-18(14)25)10-20(22,23)24;1-2-4-6-7-5-3-1/h1-5,11,18H,6-10,25H2;1-7H. The molecule has 0 radical (unpaired) electrons. The van der Waals surface area contributed by atoms with Crippen LogP contribution in [-0.4, -0.2) is 12.2 Å². The lowest BCUT2D eigenvalue weighted by molar-refractivity contribution is -0.144. The van der Waals surface area contributed by atoms with Crippen molar-refractivity contribution in [2.24, 2.45) is 11.7 Å². The topological polar surface area (TPSA) is 38.0 Å². The van der Waals surface area contributed by atoms with Crippen molar-refractivity contribution in [2.75, 3.05) is 0 Å². The van der Waals surface area contributed by atoms with Gasteiger partial charge in [0.1, 0.15) is 0 Å². The highest BCUT2D eigenvalue weighted by Crippen LogP contribution is 2.46. The van der Waals surface area contributed by atoms with Crippen LogP contribution in [0.3, 0.4) is 0 Å². The van der Waals surface area contributed by atoms with E-state index in [4.69, 9.17) is 17.3 Å². The molecule has 1 heterocycles.